The molecule has 1 nitrogen and oxygen atoms in total. The summed E-state index contributed by atoms with van der Waals surface area (Å²) in [5.74, 6) is 1.55. The Kier molecular flexibility index (Phi) is 3.50. The van der Waals surface area contributed by atoms with Gasteiger partial charge in [-0.2, -0.15) is 0 Å². The van der Waals surface area contributed by atoms with E-state index in [4.69, 9.17) is 11.6 Å². The van der Waals surface area contributed by atoms with Gasteiger partial charge in [-0.1, -0.05) is 12.8 Å². The van der Waals surface area contributed by atoms with E-state index < -0.39 is 0 Å². The summed E-state index contributed by atoms with van der Waals surface area (Å²) in [6.07, 6.45) is 5.37. The highest BCUT2D eigenvalue weighted by Crippen LogP contribution is 2.24. The van der Waals surface area contributed by atoms with Crippen LogP contribution in [0.2, 0.25) is 0 Å². The summed E-state index contributed by atoms with van der Waals surface area (Å²) in [5, 5.41) is 3.32. The number of hydrogen-bond acceptors (Lipinski definition) is 1. The molecule has 0 heterocycles. The average Bonchev–Trinajstić information content (AvgIpc) is 2.04. The highest BCUT2D eigenvalue weighted by molar-refractivity contribution is 6.18. The van der Waals surface area contributed by atoms with Crippen molar-refractivity contribution in [3.05, 3.63) is 0 Å². The van der Waals surface area contributed by atoms with Crippen molar-refractivity contribution in [2.45, 2.75) is 31.7 Å². The molecule has 1 rings (SSSR count). The van der Waals surface area contributed by atoms with Crippen molar-refractivity contribution in [2.24, 2.45) is 5.92 Å². The molecule has 1 N–H and O–H groups in total. The number of rotatable bonds is 2. The third-order valence-corrected chi connectivity index (χ3v) is 2.87. The van der Waals surface area contributed by atoms with E-state index in [1.807, 2.05) is 7.05 Å². The fraction of sp³-hybridized carbons (Fsp3) is 1.00. The van der Waals surface area contributed by atoms with Gasteiger partial charge in [0.25, 0.3) is 0 Å². The lowest BCUT2D eigenvalue weighted by Gasteiger charge is -2.29. The van der Waals surface area contributed by atoms with E-state index in [2.05, 4.69) is 5.32 Å². The molecule has 10 heavy (non-hydrogen) atoms. The Morgan fingerprint density at radius 3 is 2.60 bits per heavy atom. The van der Waals surface area contributed by atoms with E-state index in [-0.39, 0.29) is 0 Å². The predicted molar refractivity (Wildman–Crippen MR) is 45.5 cm³/mol. The molecule has 0 bridgehead atoms. The van der Waals surface area contributed by atoms with Crippen LogP contribution in [0.15, 0.2) is 0 Å². The summed E-state index contributed by atoms with van der Waals surface area (Å²) in [6.45, 7) is 0. The highest BCUT2D eigenvalue weighted by Gasteiger charge is 2.22. The van der Waals surface area contributed by atoms with Crippen LogP contribution in [0.5, 0.6) is 0 Å². The molecular weight excluding hydrogens is 146 g/mol. The van der Waals surface area contributed by atoms with Crippen molar-refractivity contribution in [1.29, 1.82) is 0 Å². The zero-order valence-corrected chi connectivity index (χ0v) is 7.32. The lowest BCUT2D eigenvalue weighted by atomic mass is 9.86. The minimum absolute atomic E-state index is 0.686. The van der Waals surface area contributed by atoms with Crippen molar-refractivity contribution in [3.63, 3.8) is 0 Å². The van der Waals surface area contributed by atoms with Gasteiger partial charge in [0.05, 0.1) is 0 Å². The molecule has 1 saturated carbocycles. The fourth-order valence-electron chi connectivity index (χ4n) is 1.77. The van der Waals surface area contributed by atoms with Crippen LogP contribution < -0.4 is 5.32 Å². The van der Waals surface area contributed by atoms with Gasteiger partial charge in [-0.25, -0.2) is 0 Å². The summed E-state index contributed by atoms with van der Waals surface area (Å²) in [7, 11) is 2.04. The molecule has 0 spiro atoms. The van der Waals surface area contributed by atoms with Crippen molar-refractivity contribution in [2.75, 3.05) is 12.9 Å². The second kappa shape index (κ2) is 4.20. The van der Waals surface area contributed by atoms with Crippen LogP contribution in [-0.4, -0.2) is 19.0 Å². The molecule has 0 saturated heterocycles. The first kappa shape index (κ1) is 8.35. The molecule has 2 unspecified atom stereocenters. The van der Waals surface area contributed by atoms with E-state index >= 15 is 0 Å². The number of alkyl halides is 1. The molecule has 2 atom stereocenters. The third-order valence-electron chi connectivity index (χ3n) is 2.48. The highest BCUT2D eigenvalue weighted by atomic mass is 35.5. The molecule has 1 aliphatic rings. The van der Waals surface area contributed by atoms with Gasteiger partial charge in [0.2, 0.25) is 0 Å². The van der Waals surface area contributed by atoms with Crippen LogP contribution in [0.3, 0.4) is 0 Å². The number of halogens is 1. The molecule has 0 aromatic rings. The molecule has 1 aliphatic carbocycles. The van der Waals surface area contributed by atoms with Crippen LogP contribution in [0.1, 0.15) is 25.7 Å². The van der Waals surface area contributed by atoms with Gasteiger partial charge in [0.1, 0.15) is 0 Å². The standard InChI is InChI=1S/C8H16ClN/c1-10-8-5-3-2-4-7(8)6-9/h7-8,10H,2-6H2,1H3. The minimum Gasteiger partial charge on any atom is -0.317 e. The Labute approximate surface area is 68.1 Å². The largest absolute Gasteiger partial charge is 0.317 e. The van der Waals surface area contributed by atoms with Crippen LogP contribution in [0, 0.1) is 5.92 Å². The number of nitrogens with one attached hydrogen (secondary N) is 1. The molecular formula is C8H16ClN. The van der Waals surface area contributed by atoms with Crippen LogP contribution in [-0.2, 0) is 0 Å². The summed E-state index contributed by atoms with van der Waals surface area (Å²) < 4.78 is 0. The van der Waals surface area contributed by atoms with Crippen LogP contribution in [0.25, 0.3) is 0 Å². The maximum absolute atomic E-state index is 5.81. The van der Waals surface area contributed by atoms with Gasteiger partial charge in [-0.15, -0.1) is 11.6 Å². The number of hydrogen-bond donors (Lipinski definition) is 1. The van der Waals surface area contributed by atoms with Gasteiger partial charge in [-0.05, 0) is 25.8 Å². The topological polar surface area (TPSA) is 12.0 Å². The smallest absolute Gasteiger partial charge is 0.0266 e. The third kappa shape index (κ3) is 1.86. The zero-order chi connectivity index (χ0) is 7.40. The fourth-order valence-corrected chi connectivity index (χ4v) is 2.14. The van der Waals surface area contributed by atoms with Crippen molar-refractivity contribution < 1.29 is 0 Å². The van der Waals surface area contributed by atoms with Gasteiger partial charge in [0.15, 0.2) is 0 Å². The molecule has 0 radical (unpaired) electrons. The Bertz CT molecular complexity index is 83.3. The van der Waals surface area contributed by atoms with Crippen molar-refractivity contribution in [3.8, 4) is 0 Å². The molecule has 0 aromatic carbocycles. The first-order valence-corrected chi connectivity index (χ1v) is 4.65. The Morgan fingerprint density at radius 1 is 1.40 bits per heavy atom. The van der Waals surface area contributed by atoms with Crippen LogP contribution in [0.4, 0.5) is 0 Å². The van der Waals surface area contributed by atoms with E-state index in [1.54, 1.807) is 0 Å². The minimum atomic E-state index is 0.686. The summed E-state index contributed by atoms with van der Waals surface area (Å²) in [6, 6.07) is 0.686. The monoisotopic (exact) mass is 161 g/mol. The molecule has 60 valence electrons. The first-order valence-electron chi connectivity index (χ1n) is 4.11. The van der Waals surface area contributed by atoms with Crippen molar-refractivity contribution >= 4 is 11.6 Å². The zero-order valence-electron chi connectivity index (χ0n) is 6.57. The Morgan fingerprint density at radius 2 is 2.10 bits per heavy atom. The van der Waals surface area contributed by atoms with E-state index in [0.717, 1.165) is 11.8 Å². The van der Waals surface area contributed by atoms with Crippen molar-refractivity contribution in [1.82, 2.24) is 5.32 Å². The average molecular weight is 162 g/mol. The predicted octanol–water partition coefficient (Wildman–Crippen LogP) is 2.00. The summed E-state index contributed by atoms with van der Waals surface area (Å²) in [4.78, 5) is 0. The maximum Gasteiger partial charge on any atom is 0.0266 e. The van der Waals surface area contributed by atoms with Crippen LogP contribution >= 0.6 is 11.6 Å². The van der Waals surface area contributed by atoms with Gasteiger partial charge in [-0.3, -0.25) is 0 Å². The molecule has 0 aliphatic heterocycles. The molecule has 2 heteroatoms. The summed E-state index contributed by atoms with van der Waals surface area (Å²) >= 11 is 5.81. The molecule has 1 fully saturated rings. The second-order valence-corrected chi connectivity index (χ2v) is 3.40. The van der Waals surface area contributed by atoms with Gasteiger partial charge < -0.3 is 5.32 Å². The first-order chi connectivity index (χ1) is 4.88. The van der Waals surface area contributed by atoms with E-state index in [0.29, 0.717) is 6.04 Å². The lowest BCUT2D eigenvalue weighted by Crippen LogP contribution is -2.36. The second-order valence-electron chi connectivity index (χ2n) is 3.09. The van der Waals surface area contributed by atoms with Gasteiger partial charge in [0, 0.05) is 11.9 Å². The lowest BCUT2D eigenvalue weighted by molar-refractivity contribution is 0.297. The molecule has 0 amide bonds. The van der Waals surface area contributed by atoms with E-state index in [9.17, 15) is 0 Å². The Hall–Kier alpha value is 0.250. The maximum atomic E-state index is 5.81. The molecule has 0 aromatic heterocycles. The van der Waals surface area contributed by atoms with Gasteiger partial charge >= 0.3 is 0 Å². The Balaban J connectivity index is 2.34. The normalized spacial score (nSPS) is 34.2. The summed E-state index contributed by atoms with van der Waals surface area (Å²) in [5.41, 5.74) is 0. The SMILES string of the molecule is CNC1CCCCC1CCl. The quantitative estimate of drug-likeness (QED) is 0.611. The van der Waals surface area contributed by atoms with E-state index in [1.165, 1.54) is 25.7 Å².